The van der Waals surface area contributed by atoms with Crippen molar-refractivity contribution in [1.29, 1.82) is 0 Å². The van der Waals surface area contributed by atoms with Crippen molar-refractivity contribution in [3.8, 4) is 0 Å². The zero-order chi connectivity index (χ0) is 12.5. The maximum atomic E-state index is 11.6. The number of aromatic nitrogens is 2. The van der Waals surface area contributed by atoms with Crippen LogP contribution in [0.2, 0.25) is 0 Å². The molecule has 0 radical (unpaired) electrons. The lowest BCUT2D eigenvalue weighted by Gasteiger charge is -2.27. The van der Waals surface area contributed by atoms with Crippen LogP contribution in [0.3, 0.4) is 0 Å². The highest BCUT2D eigenvalue weighted by Crippen LogP contribution is 2.24. The minimum absolute atomic E-state index is 0.0315. The van der Waals surface area contributed by atoms with Crippen LogP contribution >= 0.6 is 0 Å². The van der Waals surface area contributed by atoms with E-state index in [-0.39, 0.29) is 5.91 Å². The van der Waals surface area contributed by atoms with Crippen molar-refractivity contribution in [1.82, 2.24) is 14.9 Å². The summed E-state index contributed by atoms with van der Waals surface area (Å²) in [6, 6.07) is 0.539. The van der Waals surface area contributed by atoms with E-state index in [9.17, 15) is 4.79 Å². The first kappa shape index (κ1) is 11.2. The average Bonchev–Trinajstić information content (AvgIpc) is 3.21. The molecule has 3 rings (SSSR count). The third-order valence-corrected chi connectivity index (χ3v) is 3.34. The van der Waals surface area contributed by atoms with Crippen molar-refractivity contribution in [2.24, 2.45) is 0 Å². The Hall–Kier alpha value is -1.91. The molecule has 5 nitrogen and oxygen atoms in total. The number of rotatable bonds is 3. The molecule has 94 valence electrons. The highest BCUT2D eigenvalue weighted by molar-refractivity contribution is 5.87. The van der Waals surface area contributed by atoms with Gasteiger partial charge in [-0.15, -0.1) is 0 Å². The van der Waals surface area contributed by atoms with Gasteiger partial charge in [0.25, 0.3) is 0 Å². The Morgan fingerprint density at radius 3 is 3.11 bits per heavy atom. The lowest BCUT2D eigenvalue weighted by Crippen LogP contribution is -2.35. The number of carbonyl (C=O) groups is 1. The SMILES string of the molecule is C=CC(=O)N1CCc2cnc(NC3CC3)nc2C1. The molecule has 0 bridgehead atoms. The van der Waals surface area contributed by atoms with Gasteiger partial charge >= 0.3 is 0 Å². The van der Waals surface area contributed by atoms with Gasteiger partial charge in [-0.05, 0) is 30.9 Å². The van der Waals surface area contributed by atoms with Gasteiger partial charge in [-0.25, -0.2) is 9.97 Å². The Balaban J connectivity index is 1.79. The first-order valence-corrected chi connectivity index (χ1v) is 6.29. The summed E-state index contributed by atoms with van der Waals surface area (Å²) in [5.41, 5.74) is 2.10. The van der Waals surface area contributed by atoms with Crippen LogP contribution < -0.4 is 5.32 Å². The molecule has 0 aromatic carbocycles. The minimum Gasteiger partial charge on any atom is -0.351 e. The van der Waals surface area contributed by atoms with Gasteiger partial charge in [-0.3, -0.25) is 4.79 Å². The molecule has 1 aliphatic heterocycles. The normalized spacial score (nSPS) is 18.1. The number of nitrogens with zero attached hydrogens (tertiary/aromatic N) is 3. The van der Waals surface area contributed by atoms with Gasteiger partial charge < -0.3 is 10.2 Å². The molecule has 1 aromatic rings. The fraction of sp³-hybridized carbons (Fsp3) is 0.462. The van der Waals surface area contributed by atoms with Gasteiger partial charge in [-0.1, -0.05) is 6.58 Å². The highest BCUT2D eigenvalue weighted by atomic mass is 16.2. The predicted octanol–water partition coefficient (Wildman–Crippen LogP) is 1.12. The third kappa shape index (κ3) is 2.20. The summed E-state index contributed by atoms with van der Waals surface area (Å²) in [6.07, 6.45) is 6.44. The zero-order valence-electron chi connectivity index (χ0n) is 10.2. The number of fused-ring (bicyclic) bond motifs is 1. The molecule has 1 saturated carbocycles. The minimum atomic E-state index is -0.0315. The standard InChI is InChI=1S/C13H16N4O/c1-2-12(18)17-6-5-9-7-14-13(15-10-3-4-10)16-11(9)8-17/h2,7,10H,1,3-6,8H2,(H,14,15,16). The molecule has 1 aliphatic carbocycles. The van der Waals surface area contributed by atoms with E-state index in [4.69, 9.17) is 0 Å². The van der Waals surface area contributed by atoms with E-state index in [1.165, 1.54) is 18.9 Å². The second kappa shape index (κ2) is 4.40. The number of amides is 1. The van der Waals surface area contributed by atoms with E-state index in [1.807, 2.05) is 6.20 Å². The van der Waals surface area contributed by atoms with E-state index >= 15 is 0 Å². The largest absolute Gasteiger partial charge is 0.351 e. The highest BCUT2D eigenvalue weighted by Gasteiger charge is 2.24. The Labute approximate surface area is 106 Å². The Bertz CT molecular complexity index is 496. The summed E-state index contributed by atoms with van der Waals surface area (Å²) in [4.78, 5) is 22.2. The molecule has 0 unspecified atom stereocenters. The maximum absolute atomic E-state index is 11.6. The first-order chi connectivity index (χ1) is 8.76. The van der Waals surface area contributed by atoms with Gasteiger partial charge in [-0.2, -0.15) is 0 Å². The molecule has 0 atom stereocenters. The van der Waals surface area contributed by atoms with Gasteiger partial charge in [0.2, 0.25) is 11.9 Å². The van der Waals surface area contributed by atoms with E-state index in [0.29, 0.717) is 18.5 Å². The summed E-state index contributed by atoms with van der Waals surface area (Å²) >= 11 is 0. The molecule has 1 aromatic heterocycles. The molecule has 2 heterocycles. The van der Waals surface area contributed by atoms with Crippen LogP contribution in [0.5, 0.6) is 0 Å². The lowest BCUT2D eigenvalue weighted by molar-refractivity contribution is -0.126. The van der Waals surface area contributed by atoms with Crippen molar-refractivity contribution in [3.05, 3.63) is 30.1 Å². The molecular formula is C13H16N4O. The summed E-state index contributed by atoms with van der Waals surface area (Å²) < 4.78 is 0. The van der Waals surface area contributed by atoms with E-state index in [0.717, 1.165) is 24.2 Å². The summed E-state index contributed by atoms with van der Waals surface area (Å²) in [7, 11) is 0. The van der Waals surface area contributed by atoms with Crippen molar-refractivity contribution in [2.45, 2.75) is 31.8 Å². The van der Waals surface area contributed by atoms with Gasteiger partial charge in [0.1, 0.15) is 0 Å². The monoisotopic (exact) mass is 244 g/mol. The molecule has 1 amide bonds. The summed E-state index contributed by atoms with van der Waals surface area (Å²) in [6.45, 7) is 4.80. The number of hydrogen-bond acceptors (Lipinski definition) is 4. The Morgan fingerprint density at radius 2 is 2.39 bits per heavy atom. The van der Waals surface area contributed by atoms with Crippen LogP contribution in [0.15, 0.2) is 18.9 Å². The molecule has 1 N–H and O–H groups in total. The molecule has 2 aliphatic rings. The van der Waals surface area contributed by atoms with E-state index < -0.39 is 0 Å². The number of carbonyl (C=O) groups excluding carboxylic acids is 1. The molecule has 1 fully saturated rings. The van der Waals surface area contributed by atoms with Crippen LogP contribution in [-0.2, 0) is 17.8 Å². The number of anilines is 1. The van der Waals surface area contributed by atoms with Crippen molar-refractivity contribution in [2.75, 3.05) is 11.9 Å². The smallest absolute Gasteiger partial charge is 0.246 e. The van der Waals surface area contributed by atoms with Crippen LogP contribution in [0.25, 0.3) is 0 Å². The maximum Gasteiger partial charge on any atom is 0.246 e. The fourth-order valence-electron chi connectivity index (χ4n) is 2.10. The topological polar surface area (TPSA) is 58.1 Å². The molecule has 0 spiro atoms. The Morgan fingerprint density at radius 1 is 1.56 bits per heavy atom. The van der Waals surface area contributed by atoms with Gasteiger partial charge in [0.05, 0.1) is 12.2 Å². The third-order valence-electron chi connectivity index (χ3n) is 3.34. The Kier molecular flexibility index (Phi) is 2.74. The van der Waals surface area contributed by atoms with E-state index in [2.05, 4.69) is 21.9 Å². The molecular weight excluding hydrogens is 228 g/mol. The quantitative estimate of drug-likeness (QED) is 0.810. The van der Waals surface area contributed by atoms with Crippen LogP contribution in [-0.4, -0.2) is 33.4 Å². The van der Waals surface area contributed by atoms with Crippen molar-refractivity contribution >= 4 is 11.9 Å². The van der Waals surface area contributed by atoms with Crippen molar-refractivity contribution < 1.29 is 4.79 Å². The van der Waals surface area contributed by atoms with Crippen LogP contribution in [0.4, 0.5) is 5.95 Å². The number of hydrogen-bond donors (Lipinski definition) is 1. The van der Waals surface area contributed by atoms with Gasteiger partial charge in [0.15, 0.2) is 0 Å². The average molecular weight is 244 g/mol. The molecule has 0 saturated heterocycles. The summed E-state index contributed by atoms with van der Waals surface area (Å²) in [5.74, 6) is 0.653. The molecule has 5 heteroatoms. The van der Waals surface area contributed by atoms with Gasteiger partial charge in [0, 0.05) is 18.8 Å². The number of nitrogens with one attached hydrogen (secondary N) is 1. The lowest BCUT2D eigenvalue weighted by atomic mass is 10.1. The van der Waals surface area contributed by atoms with Crippen molar-refractivity contribution in [3.63, 3.8) is 0 Å². The van der Waals surface area contributed by atoms with Crippen LogP contribution in [0, 0.1) is 0 Å². The zero-order valence-corrected chi connectivity index (χ0v) is 10.2. The molecule has 18 heavy (non-hydrogen) atoms. The first-order valence-electron chi connectivity index (χ1n) is 6.29. The van der Waals surface area contributed by atoms with E-state index in [1.54, 1.807) is 4.90 Å². The summed E-state index contributed by atoms with van der Waals surface area (Å²) in [5, 5.41) is 3.28. The second-order valence-corrected chi connectivity index (χ2v) is 4.80. The second-order valence-electron chi connectivity index (χ2n) is 4.80. The fourth-order valence-corrected chi connectivity index (χ4v) is 2.10. The van der Waals surface area contributed by atoms with Crippen LogP contribution in [0.1, 0.15) is 24.1 Å². The predicted molar refractivity (Wildman–Crippen MR) is 68.0 cm³/mol.